The number of aromatic nitrogens is 1. The molecule has 0 amide bonds. The Balaban J connectivity index is 1.76. The zero-order valence-corrected chi connectivity index (χ0v) is 14.4. The van der Waals surface area contributed by atoms with Crippen molar-refractivity contribution >= 4 is 5.96 Å². The molecule has 0 radical (unpaired) electrons. The molecule has 0 aliphatic carbocycles. The van der Waals surface area contributed by atoms with Crippen LogP contribution in [0, 0.1) is 5.92 Å². The standard InChI is InChI=1S/C17H28N4O2/c1-18-17(20-13-15-4-5-16(22-3)19-12-15)21(2)9-6-14-7-10-23-11-8-14/h4-5,12,14H,6-11,13H2,1-3H3,(H,18,20). The molecule has 128 valence electrons. The van der Waals surface area contributed by atoms with Crippen LogP contribution in [-0.2, 0) is 11.3 Å². The van der Waals surface area contributed by atoms with Gasteiger partial charge in [-0.3, -0.25) is 4.99 Å². The van der Waals surface area contributed by atoms with E-state index in [1.165, 1.54) is 19.3 Å². The molecule has 0 bridgehead atoms. The van der Waals surface area contributed by atoms with E-state index in [-0.39, 0.29) is 0 Å². The van der Waals surface area contributed by atoms with Crippen LogP contribution in [0.4, 0.5) is 0 Å². The van der Waals surface area contributed by atoms with Crippen LogP contribution in [0.1, 0.15) is 24.8 Å². The van der Waals surface area contributed by atoms with Crippen molar-refractivity contribution in [3.05, 3.63) is 23.9 Å². The van der Waals surface area contributed by atoms with E-state index in [0.29, 0.717) is 12.4 Å². The van der Waals surface area contributed by atoms with Gasteiger partial charge in [-0.15, -0.1) is 0 Å². The number of pyridine rings is 1. The van der Waals surface area contributed by atoms with Gasteiger partial charge in [-0.2, -0.15) is 0 Å². The lowest BCUT2D eigenvalue weighted by atomic mass is 9.96. The van der Waals surface area contributed by atoms with E-state index < -0.39 is 0 Å². The molecule has 1 N–H and O–H groups in total. The Morgan fingerprint density at radius 1 is 1.43 bits per heavy atom. The van der Waals surface area contributed by atoms with Gasteiger partial charge in [0.1, 0.15) is 0 Å². The third kappa shape index (κ3) is 5.71. The van der Waals surface area contributed by atoms with Crippen LogP contribution >= 0.6 is 0 Å². The summed E-state index contributed by atoms with van der Waals surface area (Å²) < 4.78 is 10.5. The van der Waals surface area contributed by atoms with E-state index in [4.69, 9.17) is 9.47 Å². The fourth-order valence-corrected chi connectivity index (χ4v) is 2.72. The van der Waals surface area contributed by atoms with E-state index >= 15 is 0 Å². The van der Waals surface area contributed by atoms with Gasteiger partial charge in [0.15, 0.2) is 5.96 Å². The highest BCUT2D eigenvalue weighted by Crippen LogP contribution is 2.18. The minimum absolute atomic E-state index is 0.631. The Bertz CT molecular complexity index is 484. The molecule has 1 aliphatic heterocycles. The Labute approximate surface area is 138 Å². The highest BCUT2D eigenvalue weighted by Gasteiger charge is 2.15. The molecule has 0 saturated carbocycles. The summed E-state index contributed by atoms with van der Waals surface area (Å²) in [5.41, 5.74) is 1.10. The van der Waals surface area contributed by atoms with Crippen molar-refractivity contribution in [2.45, 2.75) is 25.8 Å². The quantitative estimate of drug-likeness (QED) is 0.641. The number of aliphatic imine (C=N–C) groups is 1. The van der Waals surface area contributed by atoms with E-state index in [0.717, 1.165) is 37.2 Å². The number of rotatable bonds is 6. The second kappa shape index (κ2) is 9.35. The molecule has 6 nitrogen and oxygen atoms in total. The summed E-state index contributed by atoms with van der Waals surface area (Å²) in [7, 11) is 5.52. The molecule has 2 rings (SSSR count). The van der Waals surface area contributed by atoms with Crippen molar-refractivity contribution in [3.8, 4) is 5.88 Å². The lowest BCUT2D eigenvalue weighted by molar-refractivity contribution is 0.0625. The molecular formula is C17H28N4O2. The molecule has 1 aromatic heterocycles. The number of guanidine groups is 1. The summed E-state index contributed by atoms with van der Waals surface area (Å²) in [6.07, 6.45) is 5.36. The fourth-order valence-electron chi connectivity index (χ4n) is 2.72. The number of ether oxygens (including phenoxy) is 2. The first-order valence-electron chi connectivity index (χ1n) is 8.21. The van der Waals surface area contributed by atoms with Gasteiger partial charge in [-0.25, -0.2) is 4.98 Å². The number of hydrogen-bond acceptors (Lipinski definition) is 4. The summed E-state index contributed by atoms with van der Waals surface area (Å²) in [4.78, 5) is 10.8. The normalized spacial score (nSPS) is 16.2. The second-order valence-electron chi connectivity index (χ2n) is 5.88. The lowest BCUT2D eigenvalue weighted by Gasteiger charge is -2.26. The minimum Gasteiger partial charge on any atom is -0.481 e. The second-order valence-corrected chi connectivity index (χ2v) is 5.88. The van der Waals surface area contributed by atoms with Gasteiger partial charge in [0.2, 0.25) is 5.88 Å². The van der Waals surface area contributed by atoms with Crippen molar-refractivity contribution in [2.24, 2.45) is 10.9 Å². The number of methoxy groups -OCH3 is 1. The number of hydrogen-bond donors (Lipinski definition) is 1. The molecule has 2 heterocycles. The first-order valence-corrected chi connectivity index (χ1v) is 8.21. The zero-order chi connectivity index (χ0) is 16.5. The Morgan fingerprint density at radius 2 is 2.22 bits per heavy atom. The van der Waals surface area contributed by atoms with Gasteiger partial charge in [-0.05, 0) is 30.7 Å². The van der Waals surface area contributed by atoms with Crippen molar-refractivity contribution in [2.75, 3.05) is 41.0 Å². The first kappa shape index (κ1) is 17.5. The van der Waals surface area contributed by atoms with Crippen molar-refractivity contribution in [3.63, 3.8) is 0 Å². The molecule has 1 aromatic rings. The molecule has 0 unspecified atom stereocenters. The molecule has 23 heavy (non-hydrogen) atoms. The minimum atomic E-state index is 0.631. The van der Waals surface area contributed by atoms with Crippen LogP contribution in [0.25, 0.3) is 0 Å². The predicted octanol–water partition coefficient (Wildman–Crippen LogP) is 1.91. The van der Waals surface area contributed by atoms with Gasteiger partial charge >= 0.3 is 0 Å². The monoisotopic (exact) mass is 320 g/mol. The number of nitrogens with one attached hydrogen (secondary N) is 1. The van der Waals surface area contributed by atoms with Gasteiger partial charge in [0.05, 0.1) is 7.11 Å². The fraction of sp³-hybridized carbons (Fsp3) is 0.647. The van der Waals surface area contributed by atoms with Crippen LogP contribution in [-0.4, -0.2) is 56.8 Å². The summed E-state index contributed by atoms with van der Waals surface area (Å²) in [5.74, 6) is 2.31. The van der Waals surface area contributed by atoms with Gasteiger partial charge < -0.3 is 19.7 Å². The summed E-state index contributed by atoms with van der Waals surface area (Å²) in [5, 5.41) is 3.38. The maximum absolute atomic E-state index is 5.41. The van der Waals surface area contributed by atoms with Crippen LogP contribution in [0.2, 0.25) is 0 Å². The molecule has 0 atom stereocenters. The molecule has 6 heteroatoms. The maximum Gasteiger partial charge on any atom is 0.212 e. The third-order valence-corrected chi connectivity index (χ3v) is 4.24. The molecule has 0 spiro atoms. The average Bonchev–Trinajstić information content (AvgIpc) is 2.62. The maximum atomic E-state index is 5.41. The first-order chi connectivity index (χ1) is 11.2. The van der Waals surface area contributed by atoms with Crippen molar-refractivity contribution in [1.29, 1.82) is 0 Å². The predicted molar refractivity (Wildman–Crippen MR) is 91.8 cm³/mol. The summed E-state index contributed by atoms with van der Waals surface area (Å²) in [6.45, 7) is 3.52. The van der Waals surface area contributed by atoms with E-state index in [2.05, 4.69) is 27.2 Å². The Hall–Kier alpha value is -1.82. The summed E-state index contributed by atoms with van der Waals surface area (Å²) >= 11 is 0. The molecule has 1 saturated heterocycles. The van der Waals surface area contributed by atoms with Crippen molar-refractivity contribution in [1.82, 2.24) is 15.2 Å². The van der Waals surface area contributed by atoms with Crippen LogP contribution < -0.4 is 10.1 Å². The highest BCUT2D eigenvalue weighted by molar-refractivity contribution is 5.79. The Kier molecular flexibility index (Phi) is 7.13. The van der Waals surface area contributed by atoms with Gasteiger partial charge in [-0.1, -0.05) is 6.07 Å². The van der Waals surface area contributed by atoms with Crippen LogP contribution in [0.3, 0.4) is 0 Å². The SMILES string of the molecule is CN=C(NCc1ccc(OC)nc1)N(C)CCC1CCOCC1. The van der Waals surface area contributed by atoms with E-state index in [1.807, 2.05) is 25.4 Å². The largest absolute Gasteiger partial charge is 0.481 e. The van der Waals surface area contributed by atoms with Crippen LogP contribution in [0.15, 0.2) is 23.3 Å². The molecule has 0 aromatic carbocycles. The summed E-state index contributed by atoms with van der Waals surface area (Å²) in [6, 6.07) is 3.88. The number of nitrogens with zero attached hydrogens (tertiary/aromatic N) is 3. The molecule has 1 fully saturated rings. The molecular weight excluding hydrogens is 292 g/mol. The smallest absolute Gasteiger partial charge is 0.212 e. The third-order valence-electron chi connectivity index (χ3n) is 4.24. The highest BCUT2D eigenvalue weighted by atomic mass is 16.5. The zero-order valence-electron chi connectivity index (χ0n) is 14.4. The lowest BCUT2D eigenvalue weighted by Crippen LogP contribution is -2.39. The Morgan fingerprint density at radius 3 is 2.83 bits per heavy atom. The molecule has 1 aliphatic rings. The average molecular weight is 320 g/mol. The van der Waals surface area contributed by atoms with Crippen molar-refractivity contribution < 1.29 is 9.47 Å². The topological polar surface area (TPSA) is 59.0 Å². The van der Waals surface area contributed by atoms with E-state index in [1.54, 1.807) is 7.11 Å². The van der Waals surface area contributed by atoms with Gasteiger partial charge in [0.25, 0.3) is 0 Å². The van der Waals surface area contributed by atoms with E-state index in [9.17, 15) is 0 Å². The van der Waals surface area contributed by atoms with Crippen LogP contribution in [0.5, 0.6) is 5.88 Å². The van der Waals surface area contributed by atoms with Gasteiger partial charge in [0, 0.05) is 52.7 Å².